The maximum absolute atomic E-state index is 11.3. The van der Waals surface area contributed by atoms with E-state index in [-0.39, 0.29) is 12.6 Å². The maximum atomic E-state index is 11.3. The van der Waals surface area contributed by atoms with Crippen LogP contribution >= 0.6 is 0 Å². The van der Waals surface area contributed by atoms with Crippen LogP contribution in [0.5, 0.6) is 0 Å². The van der Waals surface area contributed by atoms with Crippen LogP contribution in [0.4, 0.5) is 0 Å². The van der Waals surface area contributed by atoms with Crippen molar-refractivity contribution in [1.82, 2.24) is 5.32 Å². The Bertz CT molecular complexity index is 244. The third kappa shape index (κ3) is 9.00. The van der Waals surface area contributed by atoms with Crippen LogP contribution in [0, 0.1) is 0 Å². The van der Waals surface area contributed by atoms with E-state index in [0.29, 0.717) is 6.61 Å². The summed E-state index contributed by atoms with van der Waals surface area (Å²) in [5.41, 5.74) is -0.990. The lowest BCUT2D eigenvalue weighted by molar-refractivity contribution is -0.147. The van der Waals surface area contributed by atoms with E-state index in [1.807, 2.05) is 13.8 Å². The molecule has 0 amide bonds. The van der Waals surface area contributed by atoms with E-state index in [1.165, 1.54) is 32.1 Å². The van der Waals surface area contributed by atoms with Crippen LogP contribution in [0.2, 0.25) is 0 Å². The second kappa shape index (κ2) is 10.2. The quantitative estimate of drug-likeness (QED) is 0.536. The lowest BCUT2D eigenvalue weighted by atomic mass is 10.0. The van der Waals surface area contributed by atoms with Gasteiger partial charge in [-0.3, -0.25) is 10.1 Å². The van der Waals surface area contributed by atoms with E-state index in [0.717, 1.165) is 6.42 Å². The molecule has 0 rings (SSSR count). The van der Waals surface area contributed by atoms with Crippen LogP contribution in [0.25, 0.3) is 0 Å². The molecule has 0 radical (unpaired) electrons. The van der Waals surface area contributed by atoms with Gasteiger partial charge in [-0.1, -0.05) is 39.0 Å². The molecule has 0 aromatic heterocycles. The van der Waals surface area contributed by atoms with Crippen molar-refractivity contribution in [2.45, 2.75) is 77.8 Å². The summed E-state index contributed by atoms with van der Waals surface area (Å²) >= 11 is 0. The third-order valence-electron chi connectivity index (χ3n) is 3.11. The molecule has 19 heavy (non-hydrogen) atoms. The summed E-state index contributed by atoms with van der Waals surface area (Å²) in [5.74, 6) is -0.857. The fraction of sp³-hybridized carbons (Fsp3) is 0.933. The number of aliphatic carboxylic acids is 1. The zero-order chi connectivity index (χ0) is 14.7. The number of unbranched alkanes of at least 4 members (excludes halogenated alkanes) is 5. The molecule has 114 valence electrons. The smallest absolute Gasteiger partial charge is 0.326 e. The number of nitrogens with one attached hydrogen (secondary N) is 1. The number of hydrogen-bond acceptors (Lipinski definition) is 3. The van der Waals surface area contributed by atoms with E-state index < -0.39 is 11.5 Å². The fourth-order valence-electron chi connectivity index (χ4n) is 2.06. The molecule has 0 bridgehead atoms. The van der Waals surface area contributed by atoms with Gasteiger partial charge in [-0.25, -0.2) is 0 Å². The predicted molar refractivity (Wildman–Crippen MR) is 78.5 cm³/mol. The Labute approximate surface area is 117 Å². The normalized spacial score (nSPS) is 14.6. The fourth-order valence-corrected chi connectivity index (χ4v) is 2.06. The Morgan fingerprint density at radius 3 is 2.32 bits per heavy atom. The molecular formula is C15H31NO3. The van der Waals surface area contributed by atoms with Crippen molar-refractivity contribution in [2.75, 3.05) is 13.2 Å². The highest BCUT2D eigenvalue weighted by molar-refractivity contribution is 5.78. The number of hydrogen-bond donors (Lipinski definition) is 2. The summed E-state index contributed by atoms with van der Waals surface area (Å²) in [6.07, 6.45) is 7.28. The van der Waals surface area contributed by atoms with E-state index in [9.17, 15) is 9.90 Å². The minimum absolute atomic E-state index is 0.124. The summed E-state index contributed by atoms with van der Waals surface area (Å²) in [6, 6.07) is 0.124. The third-order valence-corrected chi connectivity index (χ3v) is 3.11. The molecule has 0 fully saturated rings. The molecule has 0 spiro atoms. The lowest BCUT2D eigenvalue weighted by Crippen LogP contribution is -2.55. The first-order chi connectivity index (χ1) is 8.92. The van der Waals surface area contributed by atoms with Crippen molar-refractivity contribution in [3.05, 3.63) is 0 Å². The van der Waals surface area contributed by atoms with Gasteiger partial charge >= 0.3 is 5.97 Å². The van der Waals surface area contributed by atoms with Gasteiger partial charge in [-0.05, 0) is 27.2 Å². The van der Waals surface area contributed by atoms with Gasteiger partial charge in [0, 0.05) is 12.6 Å². The molecule has 0 aromatic rings. The molecule has 0 saturated carbocycles. The van der Waals surface area contributed by atoms with Crippen molar-refractivity contribution in [1.29, 1.82) is 0 Å². The zero-order valence-electron chi connectivity index (χ0n) is 13.0. The Hall–Kier alpha value is -0.610. The molecule has 0 aliphatic heterocycles. The number of carboxylic acids is 1. The average Bonchev–Trinajstić information content (AvgIpc) is 2.31. The van der Waals surface area contributed by atoms with E-state index >= 15 is 0 Å². The summed E-state index contributed by atoms with van der Waals surface area (Å²) in [7, 11) is 0. The first-order valence-electron chi connectivity index (χ1n) is 7.51. The highest BCUT2D eigenvalue weighted by Crippen LogP contribution is 2.09. The van der Waals surface area contributed by atoms with Crippen molar-refractivity contribution < 1.29 is 14.6 Å². The van der Waals surface area contributed by atoms with Gasteiger partial charge in [-0.2, -0.15) is 0 Å². The zero-order valence-corrected chi connectivity index (χ0v) is 13.0. The molecule has 0 aliphatic rings. The van der Waals surface area contributed by atoms with Gasteiger partial charge < -0.3 is 9.84 Å². The van der Waals surface area contributed by atoms with Crippen molar-refractivity contribution in [2.24, 2.45) is 0 Å². The van der Waals surface area contributed by atoms with Gasteiger partial charge in [-0.15, -0.1) is 0 Å². The van der Waals surface area contributed by atoms with Crippen LogP contribution in [0.1, 0.15) is 66.2 Å². The molecular weight excluding hydrogens is 242 g/mol. The van der Waals surface area contributed by atoms with Crippen LogP contribution in [-0.4, -0.2) is 35.9 Å². The molecule has 4 nitrogen and oxygen atoms in total. The average molecular weight is 273 g/mol. The van der Waals surface area contributed by atoms with E-state index in [2.05, 4.69) is 12.2 Å². The molecule has 0 aliphatic carbocycles. The van der Waals surface area contributed by atoms with Crippen molar-refractivity contribution >= 4 is 5.97 Å². The number of carboxylic acid groups (broad SMARTS) is 1. The monoisotopic (exact) mass is 273 g/mol. The van der Waals surface area contributed by atoms with Crippen molar-refractivity contribution in [3.63, 3.8) is 0 Å². The summed E-state index contributed by atoms with van der Waals surface area (Å²) < 4.78 is 5.52. The van der Waals surface area contributed by atoms with Crippen LogP contribution in [0.3, 0.4) is 0 Å². The second-order valence-electron chi connectivity index (χ2n) is 5.76. The standard InChI is InChI=1S/C15H31NO3/c1-5-6-7-8-9-10-11-19-12-15(4,14(17)18)16-13(2)3/h13,16H,5-12H2,1-4H3,(H,17,18). The minimum Gasteiger partial charge on any atom is -0.480 e. The van der Waals surface area contributed by atoms with Crippen LogP contribution in [0.15, 0.2) is 0 Å². The second-order valence-corrected chi connectivity index (χ2v) is 5.76. The molecule has 0 saturated heterocycles. The van der Waals surface area contributed by atoms with Crippen LogP contribution in [-0.2, 0) is 9.53 Å². The number of carbonyl (C=O) groups is 1. The topological polar surface area (TPSA) is 58.6 Å². The van der Waals surface area contributed by atoms with Gasteiger partial charge in [0.15, 0.2) is 0 Å². The number of ether oxygens (including phenoxy) is 1. The summed E-state index contributed by atoms with van der Waals surface area (Å²) in [6.45, 7) is 8.63. The SMILES string of the molecule is CCCCCCCCOCC(C)(NC(C)C)C(=O)O. The highest BCUT2D eigenvalue weighted by Gasteiger charge is 2.33. The minimum atomic E-state index is -0.990. The Balaban J connectivity index is 3.74. The molecule has 4 heteroatoms. The Kier molecular flexibility index (Phi) is 9.88. The maximum Gasteiger partial charge on any atom is 0.326 e. The molecule has 0 heterocycles. The first-order valence-corrected chi connectivity index (χ1v) is 7.51. The molecule has 2 N–H and O–H groups in total. The first kappa shape index (κ1) is 18.4. The number of rotatable bonds is 12. The van der Waals surface area contributed by atoms with E-state index in [4.69, 9.17) is 4.74 Å². The molecule has 1 unspecified atom stereocenters. The largest absolute Gasteiger partial charge is 0.480 e. The van der Waals surface area contributed by atoms with Gasteiger partial charge in [0.05, 0.1) is 6.61 Å². The molecule has 0 aromatic carbocycles. The summed E-state index contributed by atoms with van der Waals surface area (Å²) in [5, 5.41) is 12.3. The lowest BCUT2D eigenvalue weighted by Gasteiger charge is -2.28. The summed E-state index contributed by atoms with van der Waals surface area (Å²) in [4.78, 5) is 11.3. The Morgan fingerprint density at radius 2 is 1.79 bits per heavy atom. The van der Waals surface area contributed by atoms with Gasteiger partial charge in [0.25, 0.3) is 0 Å². The van der Waals surface area contributed by atoms with Gasteiger partial charge in [0.2, 0.25) is 0 Å². The van der Waals surface area contributed by atoms with Crippen LogP contribution < -0.4 is 5.32 Å². The van der Waals surface area contributed by atoms with Crippen molar-refractivity contribution in [3.8, 4) is 0 Å². The van der Waals surface area contributed by atoms with Gasteiger partial charge in [0.1, 0.15) is 5.54 Å². The predicted octanol–water partition coefficient (Wildman–Crippen LogP) is 3.20. The highest BCUT2D eigenvalue weighted by atomic mass is 16.5. The molecule has 1 atom stereocenters. The Morgan fingerprint density at radius 1 is 1.21 bits per heavy atom. The van der Waals surface area contributed by atoms with E-state index in [1.54, 1.807) is 6.92 Å².